The summed E-state index contributed by atoms with van der Waals surface area (Å²) in [6.07, 6.45) is 5.98. The molecule has 0 radical (unpaired) electrons. The van der Waals surface area contributed by atoms with Crippen LogP contribution in [0.1, 0.15) is 12.6 Å². The molecule has 0 aromatic rings. The van der Waals surface area contributed by atoms with Crippen molar-refractivity contribution in [1.82, 2.24) is 0 Å². The molecule has 2 nitrogen and oxygen atoms in total. The Morgan fingerprint density at radius 1 is 1.40 bits per heavy atom. The second kappa shape index (κ2) is 13.1. The number of carbonyl (C=O) groups is 1. The monoisotopic (exact) mass is 196 g/mol. The van der Waals surface area contributed by atoms with Crippen LogP contribution < -0.4 is 0 Å². The molecular formula is C6H12Ca2O2. The van der Waals surface area contributed by atoms with Gasteiger partial charge in [0.15, 0.2) is 0 Å². The van der Waals surface area contributed by atoms with Crippen molar-refractivity contribution in [3.05, 3.63) is 24.3 Å². The van der Waals surface area contributed by atoms with Gasteiger partial charge >= 0.3 is 81.4 Å². The summed E-state index contributed by atoms with van der Waals surface area (Å²) >= 11 is 0. The van der Waals surface area contributed by atoms with E-state index in [1.165, 1.54) is 6.08 Å². The van der Waals surface area contributed by atoms with E-state index in [1.807, 2.05) is 6.92 Å². The summed E-state index contributed by atoms with van der Waals surface area (Å²) in [6.45, 7) is 1.83. The molecule has 0 aromatic heterocycles. The predicted octanol–water partition coefficient (Wildman–Crippen LogP) is 0.892. The largest absolute Gasteiger partial charge is 2.00 e. The van der Waals surface area contributed by atoms with Gasteiger partial charge < -0.3 is 10.8 Å². The van der Waals surface area contributed by atoms with E-state index in [1.54, 1.807) is 12.2 Å². The maximum Gasteiger partial charge on any atom is 2.00 e. The molecule has 0 fully saturated rings. The summed E-state index contributed by atoms with van der Waals surface area (Å²) in [5.74, 6) is -0.914. The van der Waals surface area contributed by atoms with Gasteiger partial charge in [0.1, 0.15) is 0 Å². The van der Waals surface area contributed by atoms with Crippen molar-refractivity contribution in [2.45, 2.75) is 6.92 Å². The molecule has 0 aliphatic rings. The van der Waals surface area contributed by atoms with E-state index in [9.17, 15) is 4.79 Å². The van der Waals surface area contributed by atoms with E-state index < -0.39 is 5.97 Å². The van der Waals surface area contributed by atoms with E-state index in [2.05, 4.69) is 0 Å². The van der Waals surface area contributed by atoms with Crippen LogP contribution in [-0.4, -0.2) is 86.6 Å². The Morgan fingerprint density at radius 2 is 1.90 bits per heavy atom. The topological polar surface area (TPSA) is 37.3 Å². The summed E-state index contributed by atoms with van der Waals surface area (Å²) in [5.41, 5.74) is 0. The van der Waals surface area contributed by atoms with Crippen LogP contribution in [0.2, 0.25) is 0 Å². The second-order valence-corrected chi connectivity index (χ2v) is 1.22. The molecule has 0 aliphatic carbocycles. The number of rotatable bonds is 2. The first-order chi connectivity index (χ1) is 3.77. The van der Waals surface area contributed by atoms with Gasteiger partial charge in [-0.05, 0) is 6.92 Å². The van der Waals surface area contributed by atoms with Gasteiger partial charge in [-0.15, -0.1) is 0 Å². The molecule has 4 heteroatoms. The molecule has 0 rings (SSSR count). The average molecular weight is 196 g/mol. The smallest absolute Gasteiger partial charge is 1.00 e. The number of carboxylic acids is 1. The van der Waals surface area contributed by atoms with Crippen LogP contribution in [0.5, 0.6) is 0 Å². The number of carboxylic acid groups (broad SMARTS) is 1. The summed E-state index contributed by atoms with van der Waals surface area (Å²) in [7, 11) is 0. The Bertz CT molecular complexity index is 142. The van der Waals surface area contributed by atoms with Gasteiger partial charge in [-0.1, -0.05) is 18.2 Å². The van der Waals surface area contributed by atoms with Gasteiger partial charge in [0.25, 0.3) is 0 Å². The zero-order valence-corrected chi connectivity index (χ0v) is 10.5. The van der Waals surface area contributed by atoms with Crippen LogP contribution in [0, 0.1) is 0 Å². The average Bonchev–Trinajstić information content (AvgIpc) is 1.66. The summed E-state index contributed by atoms with van der Waals surface area (Å²) in [6, 6.07) is 0. The third-order valence-corrected chi connectivity index (χ3v) is 0.542. The molecule has 0 saturated heterocycles. The van der Waals surface area contributed by atoms with Gasteiger partial charge in [-0.25, -0.2) is 4.79 Å². The molecule has 0 unspecified atom stereocenters. The van der Waals surface area contributed by atoms with E-state index in [4.69, 9.17) is 5.11 Å². The number of hydrogen-bond acceptors (Lipinski definition) is 1. The molecule has 1 N–H and O–H groups in total. The number of allylic oxidation sites excluding steroid dienone is 3. The van der Waals surface area contributed by atoms with Crippen LogP contribution in [0.4, 0.5) is 0 Å². The van der Waals surface area contributed by atoms with Gasteiger partial charge in [-0.2, -0.15) is 0 Å². The van der Waals surface area contributed by atoms with Crippen LogP contribution in [0.25, 0.3) is 0 Å². The Morgan fingerprint density at radius 3 is 2.20 bits per heavy atom. The molecule has 0 aromatic carbocycles. The molecule has 0 aliphatic heterocycles. The van der Waals surface area contributed by atoms with E-state index >= 15 is 0 Å². The van der Waals surface area contributed by atoms with Crippen molar-refractivity contribution in [3.8, 4) is 0 Å². The molecule has 0 bridgehead atoms. The van der Waals surface area contributed by atoms with Crippen molar-refractivity contribution >= 4 is 81.4 Å². The first kappa shape index (κ1) is 17.5. The van der Waals surface area contributed by atoms with Crippen molar-refractivity contribution in [2.75, 3.05) is 0 Å². The minimum atomic E-state index is -0.914. The minimum Gasteiger partial charge on any atom is -1.00 e. The Kier molecular flexibility index (Phi) is 22.9. The van der Waals surface area contributed by atoms with Gasteiger partial charge in [0.2, 0.25) is 0 Å². The molecule has 0 saturated carbocycles. The maximum absolute atomic E-state index is 9.75. The van der Waals surface area contributed by atoms with Crippen LogP contribution in [0.3, 0.4) is 0 Å². The first-order valence-corrected chi connectivity index (χ1v) is 2.29. The molecular weight excluding hydrogens is 184 g/mol. The number of aliphatic carboxylic acids is 1. The third kappa shape index (κ3) is 16.2. The van der Waals surface area contributed by atoms with E-state index in [-0.39, 0.29) is 81.2 Å². The molecule has 0 spiro atoms. The van der Waals surface area contributed by atoms with Crippen LogP contribution in [-0.2, 0) is 4.79 Å². The SMILES string of the molecule is C/C=C/C=C/C(=O)O.[Ca+2].[Ca+2].[H-].[H-].[H-].[H-]. The van der Waals surface area contributed by atoms with Crippen molar-refractivity contribution in [1.29, 1.82) is 0 Å². The summed E-state index contributed by atoms with van der Waals surface area (Å²) in [4.78, 5) is 9.75. The van der Waals surface area contributed by atoms with Gasteiger partial charge in [0.05, 0.1) is 0 Å². The third-order valence-electron chi connectivity index (χ3n) is 0.542. The normalized spacial score (nSPS) is 8.90. The van der Waals surface area contributed by atoms with Crippen LogP contribution >= 0.6 is 0 Å². The Labute approximate surface area is 126 Å². The standard InChI is InChI=1S/C6H8O2.2Ca.4H/c1-2-3-4-5-6(7)8;;;;;;/h2-5H,1H3,(H,7,8);;;;;;/q;2*+2;4*-1/b3-2+,5-4+;;;;;;. The Hall–Kier alpha value is 1.47. The zero-order chi connectivity index (χ0) is 6.41. The molecule has 52 valence electrons. The molecule has 0 atom stereocenters. The van der Waals surface area contributed by atoms with Crippen molar-refractivity contribution in [3.63, 3.8) is 0 Å². The van der Waals surface area contributed by atoms with Crippen molar-refractivity contribution < 1.29 is 15.6 Å². The minimum absolute atomic E-state index is 0. The maximum atomic E-state index is 9.75. The quantitative estimate of drug-likeness (QED) is 0.404. The first-order valence-electron chi connectivity index (χ1n) is 2.29. The molecule has 0 amide bonds. The van der Waals surface area contributed by atoms with Crippen molar-refractivity contribution in [2.24, 2.45) is 0 Å². The summed E-state index contributed by atoms with van der Waals surface area (Å²) < 4.78 is 0. The van der Waals surface area contributed by atoms with E-state index in [0.717, 1.165) is 6.08 Å². The number of hydrogen-bond donors (Lipinski definition) is 1. The zero-order valence-electron chi connectivity index (χ0n) is 10.1. The second-order valence-electron chi connectivity index (χ2n) is 1.22. The summed E-state index contributed by atoms with van der Waals surface area (Å²) in [5, 5.41) is 8.02. The van der Waals surface area contributed by atoms with E-state index in [0.29, 0.717) is 0 Å². The predicted molar refractivity (Wildman–Crippen MR) is 47.5 cm³/mol. The van der Waals surface area contributed by atoms with Crippen LogP contribution in [0.15, 0.2) is 24.3 Å². The fraction of sp³-hybridized carbons (Fsp3) is 0.167. The fourth-order valence-electron chi connectivity index (χ4n) is 0.249. The van der Waals surface area contributed by atoms with Gasteiger partial charge in [-0.3, -0.25) is 0 Å². The Balaban J connectivity index is -0.0000000163. The molecule has 0 heterocycles. The fourth-order valence-corrected chi connectivity index (χ4v) is 0.249. The molecule has 10 heavy (non-hydrogen) atoms. The van der Waals surface area contributed by atoms with Gasteiger partial charge in [0, 0.05) is 6.08 Å².